The molecule has 6 heteroatoms. The van der Waals surface area contributed by atoms with Crippen LogP contribution in [0.25, 0.3) is 0 Å². The van der Waals surface area contributed by atoms with Gasteiger partial charge in [0.1, 0.15) is 0 Å². The molecule has 3 rings (SSSR count). The Morgan fingerprint density at radius 2 is 2.27 bits per heavy atom. The summed E-state index contributed by atoms with van der Waals surface area (Å²) in [6.45, 7) is 1.56. The Labute approximate surface area is 137 Å². The van der Waals surface area contributed by atoms with Crippen LogP contribution in [0.15, 0.2) is 41.1 Å². The minimum atomic E-state index is -0.152. The Hall–Kier alpha value is -1.66. The largest absolute Gasteiger partial charge is 0.376 e. The molecular weight excluding hydrogens is 346 g/mol. The molecule has 1 N–H and O–H groups in total. The number of amides is 1. The van der Waals surface area contributed by atoms with Gasteiger partial charge in [-0.2, -0.15) is 5.10 Å². The van der Waals surface area contributed by atoms with E-state index < -0.39 is 0 Å². The van der Waals surface area contributed by atoms with E-state index in [4.69, 9.17) is 4.74 Å². The molecule has 0 saturated carbocycles. The molecule has 116 valence electrons. The molecule has 1 aliphatic rings. The van der Waals surface area contributed by atoms with E-state index in [2.05, 4.69) is 26.3 Å². The van der Waals surface area contributed by atoms with Crippen molar-refractivity contribution < 1.29 is 9.53 Å². The number of benzene rings is 1. The molecule has 2 heterocycles. The highest BCUT2D eigenvalue weighted by Gasteiger charge is 2.15. The van der Waals surface area contributed by atoms with Gasteiger partial charge in [-0.05, 0) is 47.3 Å². The molecule has 1 fully saturated rings. The standard InChI is InChI=1S/C16H18BrN3O2/c17-15-7-2-1-6-14(15)16(21)19-12-9-18-20(10-12)11-13-5-3-4-8-22-13/h1-2,6-7,9-10,13H,3-5,8,11H2,(H,19,21)/t13-/m0/s1. The number of nitrogens with zero attached hydrogens (tertiary/aromatic N) is 2. The number of anilines is 1. The van der Waals surface area contributed by atoms with E-state index in [1.165, 1.54) is 6.42 Å². The fourth-order valence-electron chi connectivity index (χ4n) is 2.53. The van der Waals surface area contributed by atoms with Crippen molar-refractivity contribution in [2.24, 2.45) is 0 Å². The first-order chi connectivity index (χ1) is 10.7. The van der Waals surface area contributed by atoms with Gasteiger partial charge in [0, 0.05) is 17.3 Å². The summed E-state index contributed by atoms with van der Waals surface area (Å²) in [7, 11) is 0. The van der Waals surface area contributed by atoms with Gasteiger partial charge >= 0.3 is 0 Å². The predicted molar refractivity (Wildman–Crippen MR) is 87.9 cm³/mol. The lowest BCUT2D eigenvalue weighted by Crippen LogP contribution is -2.24. The number of carbonyl (C=O) groups is 1. The molecule has 1 amide bonds. The molecule has 5 nitrogen and oxygen atoms in total. The topological polar surface area (TPSA) is 56.2 Å². The summed E-state index contributed by atoms with van der Waals surface area (Å²) < 4.78 is 8.30. The molecule has 22 heavy (non-hydrogen) atoms. The lowest BCUT2D eigenvalue weighted by molar-refractivity contribution is 0.00401. The maximum absolute atomic E-state index is 12.2. The van der Waals surface area contributed by atoms with E-state index >= 15 is 0 Å². The molecule has 2 aromatic rings. The van der Waals surface area contributed by atoms with Crippen LogP contribution in [-0.4, -0.2) is 28.4 Å². The van der Waals surface area contributed by atoms with E-state index in [-0.39, 0.29) is 12.0 Å². The lowest BCUT2D eigenvalue weighted by atomic mass is 10.1. The first kappa shape index (κ1) is 15.2. The number of rotatable bonds is 4. The van der Waals surface area contributed by atoms with Crippen molar-refractivity contribution in [1.82, 2.24) is 9.78 Å². The van der Waals surface area contributed by atoms with Crippen molar-refractivity contribution in [2.45, 2.75) is 31.9 Å². The fourth-order valence-corrected chi connectivity index (χ4v) is 3.00. The molecule has 0 radical (unpaired) electrons. The Morgan fingerprint density at radius 1 is 1.41 bits per heavy atom. The van der Waals surface area contributed by atoms with Gasteiger partial charge < -0.3 is 10.1 Å². The van der Waals surface area contributed by atoms with Crippen molar-refractivity contribution in [3.63, 3.8) is 0 Å². The molecule has 0 aliphatic carbocycles. The monoisotopic (exact) mass is 363 g/mol. The van der Waals surface area contributed by atoms with Crippen LogP contribution in [0.4, 0.5) is 5.69 Å². The van der Waals surface area contributed by atoms with Crippen molar-refractivity contribution >= 4 is 27.5 Å². The second kappa shape index (κ2) is 7.07. The van der Waals surface area contributed by atoms with Crippen molar-refractivity contribution in [3.05, 3.63) is 46.7 Å². The Bertz CT molecular complexity index is 650. The zero-order valence-electron chi connectivity index (χ0n) is 12.2. The first-order valence-corrected chi connectivity index (χ1v) is 8.21. The summed E-state index contributed by atoms with van der Waals surface area (Å²) in [5.74, 6) is -0.152. The normalized spacial score (nSPS) is 18.1. The zero-order chi connectivity index (χ0) is 15.4. The van der Waals surface area contributed by atoms with Crippen LogP contribution in [0.3, 0.4) is 0 Å². The van der Waals surface area contributed by atoms with E-state index in [1.807, 2.05) is 29.1 Å². The van der Waals surface area contributed by atoms with Gasteiger partial charge in [0.05, 0.1) is 30.1 Å². The molecule has 0 unspecified atom stereocenters. The number of nitrogens with one attached hydrogen (secondary N) is 1. The highest BCUT2D eigenvalue weighted by atomic mass is 79.9. The number of hydrogen-bond donors (Lipinski definition) is 1. The van der Waals surface area contributed by atoms with Crippen molar-refractivity contribution in [3.8, 4) is 0 Å². The average molecular weight is 364 g/mol. The smallest absolute Gasteiger partial charge is 0.256 e. The molecule has 1 atom stereocenters. The third kappa shape index (κ3) is 3.75. The third-order valence-electron chi connectivity index (χ3n) is 3.67. The maximum atomic E-state index is 12.2. The Kier molecular flexibility index (Phi) is 4.90. The van der Waals surface area contributed by atoms with Crippen molar-refractivity contribution in [2.75, 3.05) is 11.9 Å². The van der Waals surface area contributed by atoms with Crippen LogP contribution < -0.4 is 5.32 Å². The number of ether oxygens (including phenoxy) is 1. The summed E-state index contributed by atoms with van der Waals surface area (Å²) >= 11 is 3.38. The molecule has 1 aromatic heterocycles. The van der Waals surface area contributed by atoms with Gasteiger partial charge in [-0.3, -0.25) is 9.48 Å². The summed E-state index contributed by atoms with van der Waals surface area (Å²) in [6.07, 6.45) is 7.14. The average Bonchev–Trinajstić information content (AvgIpc) is 2.95. The SMILES string of the molecule is O=C(Nc1cnn(C[C@@H]2CCCCO2)c1)c1ccccc1Br. The van der Waals surface area contributed by atoms with E-state index in [0.29, 0.717) is 11.3 Å². The van der Waals surface area contributed by atoms with Gasteiger partial charge in [-0.1, -0.05) is 12.1 Å². The zero-order valence-corrected chi connectivity index (χ0v) is 13.8. The molecular formula is C16H18BrN3O2. The Morgan fingerprint density at radius 3 is 3.05 bits per heavy atom. The predicted octanol–water partition coefficient (Wildman–Crippen LogP) is 3.47. The fraction of sp³-hybridized carbons (Fsp3) is 0.375. The number of aromatic nitrogens is 2. The van der Waals surface area contributed by atoms with Crippen LogP contribution in [0.2, 0.25) is 0 Å². The van der Waals surface area contributed by atoms with Gasteiger partial charge in [0.2, 0.25) is 0 Å². The van der Waals surface area contributed by atoms with Crippen LogP contribution in [0.1, 0.15) is 29.6 Å². The second-order valence-corrected chi connectivity index (χ2v) is 6.23. The Balaban J connectivity index is 1.61. The highest BCUT2D eigenvalue weighted by molar-refractivity contribution is 9.10. The van der Waals surface area contributed by atoms with Gasteiger partial charge in [-0.15, -0.1) is 0 Å². The minimum Gasteiger partial charge on any atom is -0.376 e. The van der Waals surface area contributed by atoms with E-state index in [1.54, 1.807) is 12.3 Å². The number of carbonyl (C=O) groups excluding carboxylic acids is 1. The maximum Gasteiger partial charge on any atom is 0.256 e. The lowest BCUT2D eigenvalue weighted by Gasteiger charge is -2.22. The van der Waals surface area contributed by atoms with Crippen molar-refractivity contribution in [1.29, 1.82) is 0 Å². The van der Waals surface area contributed by atoms with Crippen LogP contribution in [0.5, 0.6) is 0 Å². The second-order valence-electron chi connectivity index (χ2n) is 5.37. The summed E-state index contributed by atoms with van der Waals surface area (Å²) in [6, 6.07) is 7.34. The molecule has 0 spiro atoms. The highest BCUT2D eigenvalue weighted by Crippen LogP contribution is 2.18. The summed E-state index contributed by atoms with van der Waals surface area (Å²) in [4.78, 5) is 12.2. The minimum absolute atomic E-state index is 0.152. The molecule has 1 saturated heterocycles. The molecule has 1 aromatic carbocycles. The van der Waals surface area contributed by atoms with Crippen LogP contribution in [-0.2, 0) is 11.3 Å². The summed E-state index contributed by atoms with van der Waals surface area (Å²) in [5, 5.41) is 7.15. The quantitative estimate of drug-likeness (QED) is 0.904. The summed E-state index contributed by atoms with van der Waals surface area (Å²) in [5.41, 5.74) is 1.29. The van der Waals surface area contributed by atoms with Gasteiger partial charge in [-0.25, -0.2) is 0 Å². The molecule has 0 bridgehead atoms. The third-order valence-corrected chi connectivity index (χ3v) is 4.37. The van der Waals surface area contributed by atoms with Crippen LogP contribution >= 0.6 is 15.9 Å². The van der Waals surface area contributed by atoms with Crippen LogP contribution in [0, 0.1) is 0 Å². The number of halogens is 1. The van der Waals surface area contributed by atoms with Gasteiger partial charge in [0.25, 0.3) is 5.91 Å². The first-order valence-electron chi connectivity index (χ1n) is 7.42. The van der Waals surface area contributed by atoms with Gasteiger partial charge in [0.15, 0.2) is 0 Å². The molecule has 1 aliphatic heterocycles. The van der Waals surface area contributed by atoms with E-state index in [0.717, 1.165) is 30.5 Å². The number of hydrogen-bond acceptors (Lipinski definition) is 3. The van der Waals surface area contributed by atoms with E-state index in [9.17, 15) is 4.79 Å².